The van der Waals surface area contributed by atoms with E-state index in [1.807, 2.05) is 0 Å². The van der Waals surface area contributed by atoms with Gasteiger partial charge in [-0.25, -0.2) is 8.42 Å². The highest BCUT2D eigenvalue weighted by atomic mass is 32.2. The summed E-state index contributed by atoms with van der Waals surface area (Å²) in [6.45, 7) is 4.12. The molecular formula is C21H31N3O5S. The predicted octanol–water partition coefficient (Wildman–Crippen LogP) is 2.08. The molecule has 3 atom stereocenters. The van der Waals surface area contributed by atoms with Crippen molar-refractivity contribution in [2.24, 2.45) is 17.3 Å². The van der Waals surface area contributed by atoms with Crippen LogP contribution >= 0.6 is 0 Å². The number of anilines is 1. The number of carbonyl (C=O) groups is 2. The number of hydrogen-bond acceptors (Lipinski definition) is 6. The standard InChI is InChI=1S/C21H31N3O5S/c1-21(2)14-7-8-15(21)17(11-14)23-20(26)13-6-9-16(22-3)18(10-13)30(27,28)24(4)12-19(25)29-5/h6,9-10,14-15,17,22H,7-8,11-12H2,1-5H3,(H,23,26). The van der Waals surface area contributed by atoms with Crippen LogP contribution in [0.25, 0.3) is 0 Å². The Labute approximate surface area is 178 Å². The summed E-state index contributed by atoms with van der Waals surface area (Å²) in [5, 5.41) is 5.97. The van der Waals surface area contributed by atoms with E-state index in [0.29, 0.717) is 17.5 Å². The third kappa shape index (κ3) is 3.92. The fourth-order valence-corrected chi connectivity index (χ4v) is 6.37. The highest BCUT2D eigenvalue weighted by Gasteiger charge is 2.53. The van der Waals surface area contributed by atoms with Crippen LogP contribution in [0.3, 0.4) is 0 Å². The smallest absolute Gasteiger partial charge is 0.321 e. The van der Waals surface area contributed by atoms with Crippen molar-refractivity contribution in [2.75, 3.05) is 33.1 Å². The van der Waals surface area contributed by atoms with Crippen molar-refractivity contribution >= 4 is 27.6 Å². The molecule has 166 valence electrons. The van der Waals surface area contributed by atoms with Gasteiger partial charge in [0, 0.05) is 25.7 Å². The van der Waals surface area contributed by atoms with E-state index in [1.54, 1.807) is 19.2 Å². The largest absolute Gasteiger partial charge is 0.468 e. The van der Waals surface area contributed by atoms with E-state index in [-0.39, 0.29) is 27.8 Å². The predicted molar refractivity (Wildman–Crippen MR) is 114 cm³/mol. The maximum Gasteiger partial charge on any atom is 0.321 e. The first kappa shape index (κ1) is 22.6. The van der Waals surface area contributed by atoms with Crippen molar-refractivity contribution in [1.29, 1.82) is 0 Å². The third-order valence-electron chi connectivity index (χ3n) is 6.96. The third-order valence-corrected chi connectivity index (χ3v) is 8.80. The zero-order valence-corrected chi connectivity index (χ0v) is 19.0. The minimum absolute atomic E-state index is 0.0580. The van der Waals surface area contributed by atoms with Crippen molar-refractivity contribution in [3.8, 4) is 0 Å². The summed E-state index contributed by atoms with van der Waals surface area (Å²) in [6.07, 6.45) is 3.28. The first-order valence-corrected chi connectivity index (χ1v) is 11.6. The molecule has 3 unspecified atom stereocenters. The van der Waals surface area contributed by atoms with Crippen LogP contribution in [0.5, 0.6) is 0 Å². The molecule has 1 amide bonds. The minimum atomic E-state index is -4.01. The zero-order chi connectivity index (χ0) is 22.3. The van der Waals surface area contributed by atoms with Crippen molar-refractivity contribution in [3.63, 3.8) is 0 Å². The normalized spacial score (nSPS) is 24.7. The molecule has 1 aromatic rings. The van der Waals surface area contributed by atoms with E-state index in [1.165, 1.54) is 26.6 Å². The number of benzene rings is 1. The van der Waals surface area contributed by atoms with Gasteiger partial charge in [0.15, 0.2) is 0 Å². The molecule has 0 radical (unpaired) electrons. The second-order valence-electron chi connectivity index (χ2n) is 8.82. The summed E-state index contributed by atoms with van der Waals surface area (Å²) in [7, 11) is 0.0953. The first-order chi connectivity index (χ1) is 14.0. The Morgan fingerprint density at radius 1 is 1.27 bits per heavy atom. The van der Waals surface area contributed by atoms with Gasteiger partial charge < -0.3 is 15.4 Å². The van der Waals surface area contributed by atoms with Gasteiger partial charge in [0.2, 0.25) is 10.0 Å². The van der Waals surface area contributed by atoms with E-state index in [4.69, 9.17) is 0 Å². The van der Waals surface area contributed by atoms with Crippen molar-refractivity contribution in [3.05, 3.63) is 23.8 Å². The van der Waals surface area contributed by atoms with Crippen LogP contribution in [-0.4, -0.2) is 58.4 Å². The molecule has 0 spiro atoms. The van der Waals surface area contributed by atoms with Gasteiger partial charge in [0.05, 0.1) is 12.8 Å². The summed E-state index contributed by atoms with van der Waals surface area (Å²) in [5.41, 5.74) is 0.850. The molecule has 2 bridgehead atoms. The number of nitrogens with one attached hydrogen (secondary N) is 2. The zero-order valence-electron chi connectivity index (χ0n) is 18.2. The lowest BCUT2D eigenvalue weighted by Gasteiger charge is -2.27. The van der Waals surface area contributed by atoms with Gasteiger partial charge in [-0.2, -0.15) is 4.31 Å². The van der Waals surface area contributed by atoms with Gasteiger partial charge in [-0.1, -0.05) is 13.8 Å². The van der Waals surface area contributed by atoms with Crippen LogP contribution in [0.2, 0.25) is 0 Å². The van der Waals surface area contributed by atoms with Crippen LogP contribution in [0.15, 0.2) is 23.1 Å². The molecular weight excluding hydrogens is 406 g/mol. The second kappa shape index (κ2) is 8.19. The molecule has 9 heteroatoms. The number of fused-ring (bicyclic) bond motifs is 2. The molecule has 0 heterocycles. The number of methoxy groups -OCH3 is 1. The summed E-state index contributed by atoms with van der Waals surface area (Å²) in [5.74, 6) is 0.109. The summed E-state index contributed by atoms with van der Waals surface area (Å²) >= 11 is 0. The van der Waals surface area contributed by atoms with Gasteiger partial charge in [-0.15, -0.1) is 0 Å². The molecule has 0 saturated heterocycles. The highest BCUT2D eigenvalue weighted by molar-refractivity contribution is 7.89. The number of ether oxygens (including phenoxy) is 1. The topological polar surface area (TPSA) is 105 Å². The number of sulfonamides is 1. The molecule has 1 aromatic carbocycles. The van der Waals surface area contributed by atoms with Crippen molar-refractivity contribution < 1.29 is 22.7 Å². The number of likely N-dealkylation sites (N-methyl/N-ethyl adjacent to an activating group) is 1. The Balaban J connectivity index is 1.84. The number of esters is 1. The van der Waals surface area contributed by atoms with Crippen LogP contribution in [0.1, 0.15) is 43.5 Å². The van der Waals surface area contributed by atoms with E-state index < -0.39 is 22.5 Å². The number of hydrogen-bond donors (Lipinski definition) is 2. The van der Waals surface area contributed by atoms with Gasteiger partial charge in [0.25, 0.3) is 5.91 Å². The van der Waals surface area contributed by atoms with E-state index in [0.717, 1.165) is 17.1 Å². The molecule has 2 saturated carbocycles. The van der Waals surface area contributed by atoms with Crippen molar-refractivity contribution in [2.45, 2.75) is 44.0 Å². The van der Waals surface area contributed by atoms with Gasteiger partial charge >= 0.3 is 5.97 Å². The Morgan fingerprint density at radius 3 is 2.50 bits per heavy atom. The molecule has 2 N–H and O–H groups in total. The summed E-state index contributed by atoms with van der Waals surface area (Å²) in [4.78, 5) is 24.4. The second-order valence-corrected chi connectivity index (χ2v) is 10.8. The number of nitrogens with zero attached hydrogens (tertiary/aromatic N) is 1. The molecule has 2 fully saturated rings. The molecule has 8 nitrogen and oxygen atoms in total. The Morgan fingerprint density at radius 2 is 1.97 bits per heavy atom. The van der Waals surface area contributed by atoms with E-state index in [9.17, 15) is 18.0 Å². The van der Waals surface area contributed by atoms with Crippen LogP contribution in [0, 0.1) is 17.3 Å². The summed E-state index contributed by atoms with van der Waals surface area (Å²) in [6, 6.07) is 4.65. The average molecular weight is 438 g/mol. The Kier molecular flexibility index (Phi) is 6.15. The molecule has 2 aliphatic rings. The fraction of sp³-hybridized carbons (Fsp3) is 0.619. The number of carbonyl (C=O) groups excluding carboxylic acids is 2. The SMILES string of the molecule is CNc1ccc(C(=O)NC2CC3CCC2C3(C)C)cc1S(=O)(=O)N(C)CC(=O)OC. The molecule has 0 aliphatic heterocycles. The van der Waals surface area contributed by atoms with Gasteiger partial charge in [-0.3, -0.25) is 9.59 Å². The maximum absolute atomic E-state index is 13.0. The van der Waals surface area contributed by atoms with E-state index in [2.05, 4.69) is 29.2 Å². The Bertz CT molecular complexity index is 944. The average Bonchev–Trinajstić information content (AvgIpc) is 3.13. The van der Waals surface area contributed by atoms with Crippen LogP contribution in [-0.2, 0) is 19.6 Å². The first-order valence-electron chi connectivity index (χ1n) is 10.2. The lowest BCUT2D eigenvalue weighted by Crippen LogP contribution is -2.40. The quantitative estimate of drug-likeness (QED) is 0.633. The number of rotatable bonds is 7. The fourth-order valence-electron chi connectivity index (χ4n) is 5.03. The minimum Gasteiger partial charge on any atom is -0.468 e. The van der Waals surface area contributed by atoms with Gasteiger partial charge in [0.1, 0.15) is 11.4 Å². The van der Waals surface area contributed by atoms with Gasteiger partial charge in [-0.05, 0) is 54.7 Å². The molecule has 0 aromatic heterocycles. The lowest BCUT2D eigenvalue weighted by atomic mass is 9.81. The number of amides is 1. The monoisotopic (exact) mass is 437 g/mol. The van der Waals surface area contributed by atoms with Crippen LogP contribution in [0.4, 0.5) is 5.69 Å². The van der Waals surface area contributed by atoms with Crippen molar-refractivity contribution in [1.82, 2.24) is 9.62 Å². The van der Waals surface area contributed by atoms with Crippen LogP contribution < -0.4 is 10.6 Å². The maximum atomic E-state index is 13.0. The lowest BCUT2D eigenvalue weighted by molar-refractivity contribution is -0.140. The highest BCUT2D eigenvalue weighted by Crippen LogP contribution is 2.57. The van der Waals surface area contributed by atoms with E-state index >= 15 is 0 Å². The molecule has 30 heavy (non-hydrogen) atoms. The Hall–Kier alpha value is -2.13. The molecule has 3 rings (SSSR count). The summed E-state index contributed by atoms with van der Waals surface area (Å²) < 4.78 is 31.5. The molecule has 2 aliphatic carbocycles.